The van der Waals surface area contributed by atoms with E-state index in [0.717, 1.165) is 81.5 Å². The van der Waals surface area contributed by atoms with E-state index in [-0.39, 0.29) is 18.1 Å². The fraction of sp³-hybridized carbons (Fsp3) is 0.586. The van der Waals surface area contributed by atoms with Crippen molar-refractivity contribution in [1.82, 2.24) is 24.3 Å². The topological polar surface area (TPSA) is 69.5 Å². The van der Waals surface area contributed by atoms with Crippen LogP contribution in [0.1, 0.15) is 57.6 Å². The zero-order chi connectivity index (χ0) is 27.6. The summed E-state index contributed by atoms with van der Waals surface area (Å²) < 4.78 is 40.8. The van der Waals surface area contributed by atoms with E-state index >= 15 is 0 Å². The molecule has 5 rings (SSSR count). The summed E-state index contributed by atoms with van der Waals surface area (Å²) >= 11 is 0. The Morgan fingerprint density at radius 2 is 1.69 bits per heavy atom. The number of benzene rings is 1. The number of halogens is 3. The summed E-state index contributed by atoms with van der Waals surface area (Å²) in [5.74, 6) is 0.194. The van der Waals surface area contributed by atoms with Crippen molar-refractivity contribution in [2.45, 2.75) is 76.9 Å². The molecule has 3 heterocycles. The van der Waals surface area contributed by atoms with Gasteiger partial charge in [0.15, 0.2) is 0 Å². The Balaban J connectivity index is 1.40. The van der Waals surface area contributed by atoms with Crippen molar-refractivity contribution < 1.29 is 18.3 Å². The van der Waals surface area contributed by atoms with Crippen molar-refractivity contribution in [3.05, 3.63) is 42.2 Å². The molecule has 0 unspecified atom stereocenters. The highest BCUT2D eigenvalue weighted by Gasteiger charge is 2.30. The van der Waals surface area contributed by atoms with Crippen LogP contribution in [-0.4, -0.2) is 80.5 Å². The van der Waals surface area contributed by atoms with Crippen LogP contribution in [0.2, 0.25) is 0 Å². The zero-order valence-corrected chi connectivity index (χ0v) is 22.8. The summed E-state index contributed by atoms with van der Waals surface area (Å²) in [7, 11) is 0. The molecule has 10 heteroatoms. The monoisotopic (exact) mass is 544 g/mol. The molecule has 1 atom stereocenters. The van der Waals surface area contributed by atoms with E-state index in [4.69, 9.17) is 4.98 Å². The molecular weight excluding hydrogens is 505 g/mol. The maximum atomic E-state index is 12.9. The summed E-state index contributed by atoms with van der Waals surface area (Å²) in [6.07, 6.45) is 1.41. The number of alkyl halides is 3. The number of anilines is 1. The molecule has 1 saturated carbocycles. The van der Waals surface area contributed by atoms with E-state index in [1.54, 1.807) is 6.20 Å². The van der Waals surface area contributed by atoms with Crippen LogP contribution in [0.25, 0.3) is 22.2 Å². The molecule has 1 aliphatic carbocycles. The molecule has 0 spiro atoms. The molecule has 2 aliphatic rings. The summed E-state index contributed by atoms with van der Waals surface area (Å²) in [5, 5.41) is 13.7. The SMILES string of the molecule is CCN1CCN(Cc2ccc(-c3cn([C@H]4CC[C@H](O)CC4)c4nc(N[C@H](C)CC(F)(F)F)ncc34)cc2)CC1. The lowest BCUT2D eigenvalue weighted by Crippen LogP contribution is -2.45. The Morgan fingerprint density at radius 3 is 2.33 bits per heavy atom. The minimum Gasteiger partial charge on any atom is -0.393 e. The fourth-order valence-corrected chi connectivity index (χ4v) is 5.87. The maximum Gasteiger partial charge on any atom is 0.391 e. The van der Waals surface area contributed by atoms with Crippen LogP contribution in [0, 0.1) is 0 Å². The number of hydrogen-bond acceptors (Lipinski definition) is 6. The first kappa shape index (κ1) is 27.9. The number of likely N-dealkylation sites (N-methyl/N-ethyl adjacent to an activating group) is 1. The average molecular weight is 545 g/mol. The molecule has 0 bridgehead atoms. The van der Waals surface area contributed by atoms with Crippen LogP contribution in [-0.2, 0) is 6.54 Å². The number of rotatable bonds is 8. The first-order valence-electron chi connectivity index (χ1n) is 14.1. The predicted molar refractivity (Wildman–Crippen MR) is 148 cm³/mol. The number of nitrogens with zero attached hydrogens (tertiary/aromatic N) is 5. The Hall–Kier alpha value is -2.69. The highest BCUT2D eigenvalue weighted by atomic mass is 19.4. The molecule has 2 aromatic heterocycles. The lowest BCUT2D eigenvalue weighted by atomic mass is 9.93. The Labute approximate surface area is 228 Å². The lowest BCUT2D eigenvalue weighted by molar-refractivity contribution is -0.136. The van der Waals surface area contributed by atoms with E-state index in [1.807, 2.05) is 0 Å². The van der Waals surface area contributed by atoms with Gasteiger partial charge in [0.25, 0.3) is 0 Å². The van der Waals surface area contributed by atoms with Crippen LogP contribution in [0.5, 0.6) is 0 Å². The van der Waals surface area contributed by atoms with Gasteiger partial charge in [-0.3, -0.25) is 4.90 Å². The highest BCUT2D eigenvalue weighted by Crippen LogP contribution is 2.37. The van der Waals surface area contributed by atoms with Gasteiger partial charge in [-0.25, -0.2) is 4.98 Å². The molecular formula is C29H39F3N6O. The van der Waals surface area contributed by atoms with Gasteiger partial charge in [0.1, 0.15) is 5.65 Å². The molecule has 3 aromatic rings. The second kappa shape index (κ2) is 11.8. The van der Waals surface area contributed by atoms with Crippen LogP contribution in [0.15, 0.2) is 36.7 Å². The minimum absolute atomic E-state index is 0.168. The van der Waals surface area contributed by atoms with Crippen LogP contribution >= 0.6 is 0 Å². The molecule has 0 radical (unpaired) electrons. The maximum absolute atomic E-state index is 12.9. The third-order valence-electron chi connectivity index (χ3n) is 8.13. The van der Waals surface area contributed by atoms with Gasteiger partial charge in [-0.2, -0.15) is 18.2 Å². The summed E-state index contributed by atoms with van der Waals surface area (Å²) in [5.41, 5.74) is 4.05. The van der Waals surface area contributed by atoms with Gasteiger partial charge in [-0.05, 0) is 50.3 Å². The van der Waals surface area contributed by atoms with E-state index < -0.39 is 18.6 Å². The third kappa shape index (κ3) is 6.91. The molecule has 1 aliphatic heterocycles. The second-order valence-corrected chi connectivity index (χ2v) is 11.1. The average Bonchev–Trinajstić information content (AvgIpc) is 3.28. The van der Waals surface area contributed by atoms with E-state index in [9.17, 15) is 18.3 Å². The van der Waals surface area contributed by atoms with Crippen molar-refractivity contribution in [2.24, 2.45) is 0 Å². The van der Waals surface area contributed by atoms with Crippen molar-refractivity contribution in [1.29, 1.82) is 0 Å². The first-order valence-corrected chi connectivity index (χ1v) is 14.1. The lowest BCUT2D eigenvalue weighted by Gasteiger charge is -2.34. The van der Waals surface area contributed by atoms with Crippen molar-refractivity contribution in [3.8, 4) is 11.1 Å². The molecule has 1 saturated heterocycles. The number of nitrogens with one attached hydrogen (secondary N) is 1. The molecule has 212 valence electrons. The van der Waals surface area contributed by atoms with Gasteiger partial charge >= 0.3 is 6.18 Å². The molecule has 7 nitrogen and oxygen atoms in total. The molecule has 2 N–H and O–H groups in total. The number of aliphatic hydroxyl groups is 1. The Morgan fingerprint density at radius 1 is 1.03 bits per heavy atom. The standard InChI is InChI=1S/C29H39F3N6O/c1-3-36-12-14-37(15-13-36)18-21-4-6-22(7-5-21)26-19-38(23-8-10-24(39)11-9-23)27-25(26)17-33-28(35-27)34-20(2)16-29(30,31)32/h4-7,17,19-20,23-24,39H,3,8-16,18H2,1-2H3,(H,33,34,35)/t20-,23-,24-/m1/s1. The quantitative estimate of drug-likeness (QED) is 0.392. The fourth-order valence-electron chi connectivity index (χ4n) is 5.87. The molecule has 2 fully saturated rings. The third-order valence-corrected chi connectivity index (χ3v) is 8.13. The number of piperazine rings is 1. The Kier molecular flexibility index (Phi) is 8.44. The van der Waals surface area contributed by atoms with Crippen LogP contribution < -0.4 is 5.32 Å². The van der Waals surface area contributed by atoms with E-state index in [1.165, 1.54) is 12.5 Å². The van der Waals surface area contributed by atoms with Gasteiger partial charge in [-0.1, -0.05) is 31.2 Å². The summed E-state index contributed by atoms with van der Waals surface area (Å²) in [4.78, 5) is 14.0. The van der Waals surface area contributed by atoms with Gasteiger partial charge in [0.05, 0.1) is 12.5 Å². The first-order chi connectivity index (χ1) is 18.7. The largest absolute Gasteiger partial charge is 0.393 e. The van der Waals surface area contributed by atoms with E-state index in [2.05, 4.69) is 62.1 Å². The number of aliphatic hydroxyl groups excluding tert-OH is 1. The van der Waals surface area contributed by atoms with Gasteiger partial charge in [0, 0.05) is 68.2 Å². The minimum atomic E-state index is -4.26. The van der Waals surface area contributed by atoms with Gasteiger partial charge < -0.3 is 19.9 Å². The number of fused-ring (bicyclic) bond motifs is 1. The molecule has 1 aromatic carbocycles. The van der Waals surface area contributed by atoms with Crippen molar-refractivity contribution in [2.75, 3.05) is 38.0 Å². The normalized spacial score (nSPS) is 22.3. The van der Waals surface area contributed by atoms with Gasteiger partial charge in [-0.15, -0.1) is 0 Å². The van der Waals surface area contributed by atoms with Gasteiger partial charge in [0.2, 0.25) is 5.95 Å². The summed E-state index contributed by atoms with van der Waals surface area (Å²) in [6, 6.07) is 7.96. The highest BCUT2D eigenvalue weighted by molar-refractivity contribution is 5.94. The van der Waals surface area contributed by atoms with Crippen LogP contribution in [0.4, 0.5) is 19.1 Å². The number of aromatic nitrogens is 3. The number of hydrogen-bond donors (Lipinski definition) is 2. The Bertz CT molecular complexity index is 1230. The second-order valence-electron chi connectivity index (χ2n) is 11.1. The zero-order valence-electron chi connectivity index (χ0n) is 22.8. The van der Waals surface area contributed by atoms with E-state index in [0.29, 0.717) is 5.65 Å². The predicted octanol–water partition coefficient (Wildman–Crippen LogP) is 5.46. The smallest absolute Gasteiger partial charge is 0.391 e. The molecule has 0 amide bonds. The van der Waals surface area contributed by atoms with Crippen molar-refractivity contribution >= 4 is 17.0 Å². The molecule has 39 heavy (non-hydrogen) atoms. The van der Waals surface area contributed by atoms with Crippen molar-refractivity contribution in [3.63, 3.8) is 0 Å². The summed E-state index contributed by atoms with van der Waals surface area (Å²) in [6.45, 7) is 10.1. The van der Waals surface area contributed by atoms with Crippen LogP contribution in [0.3, 0.4) is 0 Å².